The van der Waals surface area contributed by atoms with Gasteiger partial charge in [-0.15, -0.1) is 0 Å². The highest BCUT2D eigenvalue weighted by Gasteiger charge is 2.65. The van der Waals surface area contributed by atoms with Gasteiger partial charge in [-0.05, 0) is 56.8 Å². The lowest BCUT2D eigenvalue weighted by Crippen LogP contribution is -2.50. The van der Waals surface area contributed by atoms with Crippen molar-refractivity contribution in [1.82, 2.24) is 0 Å². The van der Waals surface area contributed by atoms with Crippen molar-refractivity contribution in [2.24, 2.45) is 23.2 Å². The molecule has 0 aromatic heterocycles. The lowest BCUT2D eigenvalue weighted by Gasteiger charge is -2.50. The second kappa shape index (κ2) is 2.84. The third-order valence-electron chi connectivity index (χ3n) is 6.31. The second-order valence-electron chi connectivity index (χ2n) is 6.99. The van der Waals surface area contributed by atoms with Gasteiger partial charge in [0.05, 0.1) is 5.60 Å². The molecule has 0 spiro atoms. The van der Waals surface area contributed by atoms with Crippen molar-refractivity contribution in [1.29, 1.82) is 0 Å². The van der Waals surface area contributed by atoms with Crippen molar-refractivity contribution >= 4 is 0 Å². The molecule has 3 unspecified atom stereocenters. The van der Waals surface area contributed by atoms with Gasteiger partial charge >= 0.3 is 0 Å². The quantitative estimate of drug-likeness (QED) is 0.685. The highest BCUT2D eigenvalue weighted by atomic mass is 16.6. The third kappa shape index (κ3) is 1.10. The summed E-state index contributed by atoms with van der Waals surface area (Å²) in [4.78, 5) is 0. The molecule has 4 aliphatic rings. The van der Waals surface area contributed by atoms with Gasteiger partial charge in [-0.25, -0.2) is 0 Å². The van der Waals surface area contributed by atoms with Crippen LogP contribution < -0.4 is 0 Å². The molecule has 0 aromatic rings. The van der Waals surface area contributed by atoms with E-state index in [0.717, 1.165) is 12.8 Å². The fourth-order valence-electron chi connectivity index (χ4n) is 5.07. The Hall–Kier alpha value is -0.0800. The van der Waals surface area contributed by atoms with Crippen molar-refractivity contribution in [3.05, 3.63) is 0 Å². The molecule has 6 atom stereocenters. The Bertz CT molecular complexity index is 325. The Labute approximate surface area is 98.4 Å². The van der Waals surface area contributed by atoms with Crippen LogP contribution in [0.15, 0.2) is 0 Å². The van der Waals surface area contributed by atoms with Crippen LogP contribution in [0.5, 0.6) is 0 Å². The molecule has 2 heterocycles. The van der Waals surface area contributed by atoms with Gasteiger partial charge < -0.3 is 9.84 Å². The molecule has 2 heteroatoms. The standard InChI is InChI=1S/C14H24O2/c1-9-12(2)7-5-11-10(12)6-8-13(9,3)16-14(11,4)15/h9-11,15H,5-8H2,1-4H3/t9?,10-,11?,12?,13-,14-/m1/s1. The zero-order valence-electron chi connectivity index (χ0n) is 10.9. The first-order valence-corrected chi connectivity index (χ1v) is 6.72. The lowest BCUT2D eigenvalue weighted by atomic mass is 9.57. The largest absolute Gasteiger partial charge is 0.365 e. The van der Waals surface area contributed by atoms with Crippen molar-refractivity contribution in [3.63, 3.8) is 0 Å². The number of fused-ring (bicyclic) bond motifs is 2. The molecule has 16 heavy (non-hydrogen) atoms. The summed E-state index contributed by atoms with van der Waals surface area (Å²) in [5, 5.41) is 10.6. The average molecular weight is 224 g/mol. The van der Waals surface area contributed by atoms with Gasteiger partial charge in [0.15, 0.2) is 5.79 Å². The molecule has 4 bridgehead atoms. The van der Waals surface area contributed by atoms with Crippen molar-refractivity contribution < 1.29 is 9.84 Å². The van der Waals surface area contributed by atoms with Gasteiger partial charge in [-0.2, -0.15) is 0 Å². The molecule has 0 radical (unpaired) electrons. The first-order chi connectivity index (χ1) is 7.30. The van der Waals surface area contributed by atoms with Crippen LogP contribution in [0.25, 0.3) is 0 Å². The minimum atomic E-state index is -0.904. The van der Waals surface area contributed by atoms with E-state index in [4.69, 9.17) is 4.74 Å². The van der Waals surface area contributed by atoms with Gasteiger partial charge in [0.25, 0.3) is 0 Å². The third-order valence-corrected chi connectivity index (χ3v) is 6.31. The van der Waals surface area contributed by atoms with Crippen LogP contribution in [0.1, 0.15) is 53.4 Å². The summed E-state index contributed by atoms with van der Waals surface area (Å²) in [7, 11) is 0. The average Bonchev–Trinajstić information content (AvgIpc) is 2.45. The number of rotatable bonds is 0. The first-order valence-electron chi connectivity index (χ1n) is 6.72. The number of hydrogen-bond acceptors (Lipinski definition) is 2. The topological polar surface area (TPSA) is 29.5 Å². The van der Waals surface area contributed by atoms with Crippen LogP contribution in [0, 0.1) is 23.2 Å². The fraction of sp³-hybridized carbons (Fsp3) is 1.00. The Kier molecular flexibility index (Phi) is 1.96. The van der Waals surface area contributed by atoms with Crippen molar-refractivity contribution in [2.45, 2.75) is 64.8 Å². The fourth-order valence-corrected chi connectivity index (χ4v) is 5.07. The van der Waals surface area contributed by atoms with E-state index in [0.29, 0.717) is 23.2 Å². The van der Waals surface area contributed by atoms with E-state index in [1.54, 1.807) is 0 Å². The molecule has 2 aliphatic carbocycles. The molecule has 92 valence electrons. The molecule has 0 aromatic carbocycles. The zero-order chi connectivity index (χ0) is 11.8. The van der Waals surface area contributed by atoms with E-state index >= 15 is 0 Å². The van der Waals surface area contributed by atoms with Crippen LogP contribution in [0.2, 0.25) is 0 Å². The first kappa shape index (κ1) is 11.0. The van der Waals surface area contributed by atoms with Gasteiger partial charge in [-0.3, -0.25) is 0 Å². The predicted octanol–water partition coefficient (Wildman–Crippen LogP) is 2.95. The Morgan fingerprint density at radius 3 is 2.38 bits per heavy atom. The highest BCUT2D eigenvalue weighted by Crippen LogP contribution is 2.66. The van der Waals surface area contributed by atoms with Gasteiger partial charge in [0.1, 0.15) is 0 Å². The summed E-state index contributed by atoms with van der Waals surface area (Å²) >= 11 is 0. The molecule has 2 saturated heterocycles. The Morgan fingerprint density at radius 1 is 1.06 bits per heavy atom. The Morgan fingerprint density at radius 2 is 1.69 bits per heavy atom. The van der Waals surface area contributed by atoms with Crippen LogP contribution in [-0.2, 0) is 4.74 Å². The zero-order valence-corrected chi connectivity index (χ0v) is 10.9. The van der Waals surface area contributed by atoms with E-state index in [2.05, 4.69) is 20.8 Å². The van der Waals surface area contributed by atoms with Gasteiger partial charge in [0.2, 0.25) is 0 Å². The molecular formula is C14H24O2. The van der Waals surface area contributed by atoms with E-state index in [-0.39, 0.29) is 5.60 Å². The molecule has 4 fully saturated rings. The summed E-state index contributed by atoms with van der Waals surface area (Å²) < 4.78 is 6.14. The highest BCUT2D eigenvalue weighted by molar-refractivity contribution is 5.11. The minimum absolute atomic E-state index is 0.121. The van der Waals surface area contributed by atoms with Crippen molar-refractivity contribution in [3.8, 4) is 0 Å². The molecule has 2 nitrogen and oxygen atoms in total. The van der Waals surface area contributed by atoms with E-state index in [9.17, 15) is 5.11 Å². The summed E-state index contributed by atoms with van der Waals surface area (Å²) in [6, 6.07) is 0. The maximum atomic E-state index is 10.6. The monoisotopic (exact) mass is 224 g/mol. The van der Waals surface area contributed by atoms with Crippen LogP contribution >= 0.6 is 0 Å². The van der Waals surface area contributed by atoms with E-state index in [1.165, 1.54) is 12.8 Å². The predicted molar refractivity (Wildman–Crippen MR) is 62.8 cm³/mol. The lowest BCUT2D eigenvalue weighted by molar-refractivity contribution is -0.281. The van der Waals surface area contributed by atoms with Crippen LogP contribution in [0.3, 0.4) is 0 Å². The number of hydrogen-bond donors (Lipinski definition) is 1. The Balaban J connectivity index is 2.13. The van der Waals surface area contributed by atoms with Gasteiger partial charge in [-0.1, -0.05) is 13.8 Å². The normalized spacial score (nSPS) is 64.7. The molecule has 1 N–H and O–H groups in total. The van der Waals surface area contributed by atoms with Crippen LogP contribution in [-0.4, -0.2) is 16.5 Å². The van der Waals surface area contributed by atoms with Crippen LogP contribution in [0.4, 0.5) is 0 Å². The number of aliphatic hydroxyl groups is 1. The minimum Gasteiger partial charge on any atom is -0.365 e. The van der Waals surface area contributed by atoms with E-state index < -0.39 is 5.79 Å². The van der Waals surface area contributed by atoms with Crippen molar-refractivity contribution in [2.75, 3.05) is 0 Å². The molecule has 2 saturated carbocycles. The summed E-state index contributed by atoms with van der Waals surface area (Å²) in [5.41, 5.74) is 0.266. The SMILES string of the molecule is CC1C2(C)CCC3[C@H]2CC[C@@]1(C)O[C@@]3(C)O. The maximum absolute atomic E-state index is 10.6. The molecule has 2 aliphatic heterocycles. The summed E-state index contributed by atoms with van der Waals surface area (Å²) in [6.45, 7) is 8.84. The second-order valence-corrected chi connectivity index (χ2v) is 6.99. The molecular weight excluding hydrogens is 200 g/mol. The van der Waals surface area contributed by atoms with Gasteiger partial charge in [0, 0.05) is 5.92 Å². The number of ether oxygens (including phenoxy) is 1. The molecule has 4 rings (SSSR count). The molecule has 0 amide bonds. The maximum Gasteiger partial charge on any atom is 0.166 e. The van der Waals surface area contributed by atoms with E-state index in [1.807, 2.05) is 6.92 Å². The smallest absolute Gasteiger partial charge is 0.166 e. The summed E-state index contributed by atoms with van der Waals surface area (Å²) in [5.74, 6) is 0.661. The summed E-state index contributed by atoms with van der Waals surface area (Å²) in [6.07, 6.45) is 4.74.